The van der Waals surface area contributed by atoms with Crippen molar-refractivity contribution < 1.29 is 15.0 Å². The van der Waals surface area contributed by atoms with E-state index in [-0.39, 0.29) is 44.9 Å². The van der Waals surface area contributed by atoms with Gasteiger partial charge in [0.15, 0.2) is 0 Å². The predicted octanol–water partition coefficient (Wildman–Crippen LogP) is 6.71. The molecule has 0 aromatic heterocycles. The van der Waals surface area contributed by atoms with Crippen LogP contribution in [0.3, 0.4) is 0 Å². The van der Waals surface area contributed by atoms with Crippen LogP contribution in [0, 0.1) is 50.2 Å². The van der Waals surface area contributed by atoms with Crippen LogP contribution in [0.1, 0.15) is 113 Å². The molecule has 0 aromatic carbocycles. The minimum atomic E-state index is -0.595. The van der Waals surface area contributed by atoms with Gasteiger partial charge < -0.3 is 10.2 Å². The topological polar surface area (TPSA) is 57.5 Å². The molecule has 0 heterocycles. The standard InChI is InChI=1S/C31H50O3/c1-19(32)31-16-15-26(2,3)17-21(31)20-9-10-23-28(6)13-12-24(33)27(4,5)22(28)11-14-29(23,7)30(20,8)18-25(31)34/h9,21-25,33-34H,10-18H2,1-8H3/t21?,22-,23?,24-,25?,28?,29-,30+,31+/m0/s1. The second-order valence-electron chi connectivity index (χ2n) is 15.4. The van der Waals surface area contributed by atoms with Gasteiger partial charge in [-0.05, 0) is 110 Å². The zero-order valence-electron chi connectivity index (χ0n) is 23.1. The first-order chi connectivity index (χ1) is 15.6. The van der Waals surface area contributed by atoms with Crippen LogP contribution in [0.2, 0.25) is 0 Å². The second kappa shape index (κ2) is 7.21. The second-order valence-corrected chi connectivity index (χ2v) is 15.4. The van der Waals surface area contributed by atoms with Crippen molar-refractivity contribution in [2.45, 2.75) is 125 Å². The Labute approximate surface area is 208 Å². The van der Waals surface area contributed by atoms with E-state index in [1.54, 1.807) is 6.92 Å². The maximum absolute atomic E-state index is 13.2. The number of carbonyl (C=O) groups excluding carboxylic acids is 1. The monoisotopic (exact) mass is 470 g/mol. The van der Waals surface area contributed by atoms with Gasteiger partial charge in [0.25, 0.3) is 0 Å². The number of aliphatic hydroxyl groups is 2. The lowest BCUT2D eigenvalue weighted by Crippen LogP contribution is -2.67. The molecule has 0 aliphatic heterocycles. The summed E-state index contributed by atoms with van der Waals surface area (Å²) in [4.78, 5) is 13.2. The van der Waals surface area contributed by atoms with Crippen LogP contribution in [0.25, 0.3) is 0 Å². The highest BCUT2D eigenvalue weighted by atomic mass is 16.3. The third kappa shape index (κ3) is 2.86. The van der Waals surface area contributed by atoms with Gasteiger partial charge in [-0.25, -0.2) is 0 Å². The highest BCUT2D eigenvalue weighted by Crippen LogP contribution is 2.75. The van der Waals surface area contributed by atoms with Crippen molar-refractivity contribution in [1.82, 2.24) is 0 Å². The summed E-state index contributed by atoms with van der Waals surface area (Å²) in [5.41, 5.74) is 1.29. The highest BCUT2D eigenvalue weighted by molar-refractivity contribution is 5.84. The largest absolute Gasteiger partial charge is 0.393 e. The van der Waals surface area contributed by atoms with Crippen molar-refractivity contribution in [3.63, 3.8) is 0 Å². The summed E-state index contributed by atoms with van der Waals surface area (Å²) in [5, 5.41) is 22.7. The van der Waals surface area contributed by atoms with E-state index >= 15 is 0 Å². The average molecular weight is 471 g/mol. The summed E-state index contributed by atoms with van der Waals surface area (Å²) < 4.78 is 0. The number of hydrogen-bond acceptors (Lipinski definition) is 3. The molecule has 9 atom stereocenters. The zero-order chi connectivity index (χ0) is 25.1. The van der Waals surface area contributed by atoms with Crippen molar-refractivity contribution in [2.24, 2.45) is 50.2 Å². The molecule has 0 spiro atoms. The summed E-state index contributed by atoms with van der Waals surface area (Å²) >= 11 is 0. The lowest BCUT2D eigenvalue weighted by molar-refractivity contribution is -0.214. The van der Waals surface area contributed by atoms with Crippen molar-refractivity contribution >= 4 is 5.78 Å². The quantitative estimate of drug-likeness (QED) is 0.419. The molecule has 3 heteroatoms. The molecule has 2 N–H and O–H groups in total. The molecule has 0 bridgehead atoms. The Bertz CT molecular complexity index is 916. The van der Waals surface area contributed by atoms with Crippen LogP contribution in [0.15, 0.2) is 11.6 Å². The molecule has 192 valence electrons. The first-order valence-electron chi connectivity index (χ1n) is 14.1. The number of Topliss-reactive ketones (excluding diaryl/α,β-unsaturated/α-hetero) is 1. The number of hydrogen-bond donors (Lipinski definition) is 2. The Hall–Kier alpha value is -0.670. The maximum atomic E-state index is 13.2. The molecule has 0 radical (unpaired) electrons. The van der Waals surface area contributed by atoms with E-state index in [0.717, 1.165) is 57.8 Å². The molecule has 4 unspecified atom stereocenters. The van der Waals surface area contributed by atoms with Gasteiger partial charge in [-0.1, -0.05) is 60.1 Å². The van der Waals surface area contributed by atoms with Crippen LogP contribution < -0.4 is 0 Å². The van der Waals surface area contributed by atoms with E-state index in [4.69, 9.17) is 0 Å². The molecule has 3 nitrogen and oxygen atoms in total. The Morgan fingerprint density at radius 3 is 2.18 bits per heavy atom. The van der Waals surface area contributed by atoms with E-state index < -0.39 is 11.5 Å². The number of fused-ring (bicyclic) bond motifs is 7. The Kier molecular flexibility index (Phi) is 5.30. The fraction of sp³-hybridized carbons (Fsp3) is 0.903. The van der Waals surface area contributed by atoms with E-state index in [9.17, 15) is 15.0 Å². The normalized spacial score (nSPS) is 53.5. The number of carbonyl (C=O) groups is 1. The third-order valence-electron chi connectivity index (χ3n) is 13.3. The Balaban J connectivity index is 1.63. The number of rotatable bonds is 1. The zero-order valence-corrected chi connectivity index (χ0v) is 23.1. The smallest absolute Gasteiger partial charge is 0.139 e. The van der Waals surface area contributed by atoms with Crippen molar-refractivity contribution in [1.29, 1.82) is 0 Å². The lowest BCUT2D eigenvalue weighted by atomic mass is 9.33. The van der Waals surface area contributed by atoms with Gasteiger partial charge in [-0.3, -0.25) is 4.79 Å². The van der Waals surface area contributed by atoms with Gasteiger partial charge in [0.1, 0.15) is 5.78 Å². The van der Waals surface area contributed by atoms with Gasteiger partial charge in [0.2, 0.25) is 0 Å². The molecular formula is C31H50O3. The molecule has 5 aliphatic carbocycles. The van der Waals surface area contributed by atoms with Crippen LogP contribution >= 0.6 is 0 Å². The molecule has 34 heavy (non-hydrogen) atoms. The first-order valence-corrected chi connectivity index (χ1v) is 14.1. The van der Waals surface area contributed by atoms with E-state index in [2.05, 4.69) is 54.5 Å². The van der Waals surface area contributed by atoms with Crippen molar-refractivity contribution in [3.8, 4) is 0 Å². The fourth-order valence-corrected chi connectivity index (χ4v) is 11.0. The molecule has 0 amide bonds. The summed E-state index contributed by atoms with van der Waals surface area (Å²) in [6.45, 7) is 18.5. The van der Waals surface area contributed by atoms with Gasteiger partial charge in [-0.15, -0.1) is 0 Å². The van der Waals surface area contributed by atoms with Crippen molar-refractivity contribution in [3.05, 3.63) is 11.6 Å². The molecule has 4 saturated carbocycles. The Morgan fingerprint density at radius 1 is 0.853 bits per heavy atom. The van der Waals surface area contributed by atoms with Crippen LogP contribution in [-0.4, -0.2) is 28.2 Å². The number of aliphatic hydroxyl groups excluding tert-OH is 2. The number of allylic oxidation sites excluding steroid dienone is 2. The third-order valence-corrected chi connectivity index (χ3v) is 13.3. The first kappa shape index (κ1) is 25.0. The summed E-state index contributed by atoms with van der Waals surface area (Å²) in [6, 6.07) is 0. The maximum Gasteiger partial charge on any atom is 0.139 e. The highest BCUT2D eigenvalue weighted by Gasteiger charge is 2.70. The molecule has 0 aromatic rings. The average Bonchev–Trinajstić information content (AvgIpc) is 2.71. The summed E-state index contributed by atoms with van der Waals surface area (Å²) in [6.07, 6.45) is 10.7. The van der Waals surface area contributed by atoms with E-state index in [1.165, 1.54) is 5.57 Å². The lowest BCUT2D eigenvalue weighted by Gasteiger charge is -2.71. The summed E-state index contributed by atoms with van der Waals surface area (Å²) in [7, 11) is 0. The minimum Gasteiger partial charge on any atom is -0.393 e. The van der Waals surface area contributed by atoms with Crippen molar-refractivity contribution in [2.75, 3.05) is 0 Å². The van der Waals surface area contributed by atoms with E-state index in [1.807, 2.05) is 0 Å². The Morgan fingerprint density at radius 2 is 1.53 bits per heavy atom. The fourth-order valence-electron chi connectivity index (χ4n) is 11.0. The van der Waals surface area contributed by atoms with E-state index in [0.29, 0.717) is 11.8 Å². The van der Waals surface area contributed by atoms with Gasteiger partial charge in [-0.2, -0.15) is 0 Å². The molecule has 5 aliphatic rings. The van der Waals surface area contributed by atoms with Crippen LogP contribution in [-0.2, 0) is 4.79 Å². The molecular weight excluding hydrogens is 420 g/mol. The molecule has 0 saturated heterocycles. The van der Waals surface area contributed by atoms with Crippen LogP contribution in [0.5, 0.6) is 0 Å². The molecule has 4 fully saturated rings. The number of ketones is 1. The summed E-state index contributed by atoms with van der Waals surface area (Å²) in [5.74, 6) is 1.44. The molecule has 5 rings (SSSR count). The van der Waals surface area contributed by atoms with Crippen LogP contribution in [0.4, 0.5) is 0 Å². The van der Waals surface area contributed by atoms with Gasteiger partial charge >= 0.3 is 0 Å². The van der Waals surface area contributed by atoms with Gasteiger partial charge in [0.05, 0.1) is 17.6 Å². The predicted molar refractivity (Wildman–Crippen MR) is 137 cm³/mol. The SMILES string of the molecule is CC(=O)[C@]12CCC(C)(C)CC1C1=CCC3C4(C)CC[C@H](O)C(C)(C)[C@@H]4CC[C@]3(C)[C@]1(C)CC2O. The minimum absolute atomic E-state index is 0.0531. The van der Waals surface area contributed by atoms with Gasteiger partial charge in [0, 0.05) is 0 Å².